The molecule has 1 N–H and O–H groups in total. The van der Waals surface area contributed by atoms with Crippen molar-refractivity contribution in [1.29, 1.82) is 0 Å². The van der Waals surface area contributed by atoms with Crippen LogP contribution < -0.4 is 5.43 Å². The highest BCUT2D eigenvalue weighted by atomic mass is 35.5. The number of benzene rings is 2. The largest absolute Gasteiger partial charge is 0.465 e. The van der Waals surface area contributed by atoms with E-state index in [-0.39, 0.29) is 29.7 Å². The maximum Gasteiger partial charge on any atom is 0.320 e. The molecule has 50 heavy (non-hydrogen) atoms. The average Bonchev–Trinajstić information content (AvgIpc) is 3.59. The fraction of sp³-hybridized carbons (Fsp3) is 0.474. The number of amides is 2. The van der Waals surface area contributed by atoms with Crippen LogP contribution in [0.15, 0.2) is 73.1 Å². The summed E-state index contributed by atoms with van der Waals surface area (Å²) in [7, 11) is 0. The molecule has 1 unspecified atom stereocenters. The van der Waals surface area contributed by atoms with Gasteiger partial charge in [-0.3, -0.25) is 29.7 Å². The maximum atomic E-state index is 14.2. The van der Waals surface area contributed by atoms with Gasteiger partial charge in [-0.25, -0.2) is 5.01 Å². The zero-order valence-corrected chi connectivity index (χ0v) is 30.2. The van der Waals surface area contributed by atoms with Gasteiger partial charge in [0.2, 0.25) is 5.91 Å². The minimum Gasteiger partial charge on any atom is -0.465 e. The Morgan fingerprint density at radius 3 is 2.22 bits per heavy atom. The van der Waals surface area contributed by atoms with E-state index in [0.717, 1.165) is 43.6 Å². The molecule has 0 aliphatic carbocycles. The summed E-state index contributed by atoms with van der Waals surface area (Å²) in [5, 5.41) is 3.01. The Balaban J connectivity index is 1.12. The molecule has 3 aliphatic heterocycles. The summed E-state index contributed by atoms with van der Waals surface area (Å²) < 4.78 is 5.10. The number of esters is 1. The number of nitrogens with zero attached hydrogens (tertiary/aromatic N) is 5. The first-order valence-electron chi connectivity index (χ1n) is 17.6. The van der Waals surface area contributed by atoms with Crippen LogP contribution in [0.25, 0.3) is 0 Å². The summed E-state index contributed by atoms with van der Waals surface area (Å²) in [6, 6.07) is 19.2. The van der Waals surface area contributed by atoms with Crippen molar-refractivity contribution in [1.82, 2.24) is 30.1 Å². The third-order valence-electron chi connectivity index (χ3n) is 10.8. The highest BCUT2D eigenvalue weighted by molar-refractivity contribution is 6.42. The molecule has 1 aromatic heterocycles. The van der Waals surface area contributed by atoms with Crippen LogP contribution in [0.1, 0.15) is 54.1 Å². The van der Waals surface area contributed by atoms with Crippen molar-refractivity contribution in [3.05, 3.63) is 99.8 Å². The van der Waals surface area contributed by atoms with Gasteiger partial charge in [-0.05, 0) is 99.8 Å². The molecule has 3 saturated heterocycles. The summed E-state index contributed by atoms with van der Waals surface area (Å²) in [5.74, 6) is -0.179. The van der Waals surface area contributed by atoms with Crippen LogP contribution >= 0.6 is 23.2 Å². The monoisotopic (exact) mass is 720 g/mol. The van der Waals surface area contributed by atoms with Crippen molar-refractivity contribution in [2.45, 2.75) is 43.4 Å². The third-order valence-corrected chi connectivity index (χ3v) is 11.5. The van der Waals surface area contributed by atoms with Crippen LogP contribution in [0.5, 0.6) is 0 Å². The lowest BCUT2D eigenvalue weighted by Crippen LogP contribution is -2.59. The van der Waals surface area contributed by atoms with Gasteiger partial charge in [0.25, 0.3) is 5.91 Å². The molecule has 3 aliphatic rings. The Morgan fingerprint density at radius 1 is 0.820 bits per heavy atom. The van der Waals surface area contributed by atoms with Gasteiger partial charge in [0, 0.05) is 62.6 Å². The topological polar surface area (TPSA) is 98.3 Å². The number of piperidine rings is 1. The summed E-state index contributed by atoms with van der Waals surface area (Å²) >= 11 is 12.9. The molecule has 1 atom stereocenters. The van der Waals surface area contributed by atoms with E-state index in [9.17, 15) is 14.4 Å². The standard InChI is InChI=1S/C38H46Cl2N6O4/c1-2-50-34(47)27-44-22-24-46(25-23-44)42-36(49)38(30-10-16-41-17-11-30)14-19-43(20-15-38)18-12-37(31-8-9-32(39)33(40)26-31)13-21-45(28-37)35(48)29-6-4-3-5-7-29/h3-11,16-17,26H,2,12-15,18-25,27-28H2,1H3,(H,42,49). The molecule has 2 aromatic carbocycles. The molecule has 4 heterocycles. The number of nitrogens with one attached hydrogen (secondary N) is 1. The molecule has 0 saturated carbocycles. The number of hydrogen-bond donors (Lipinski definition) is 1. The van der Waals surface area contributed by atoms with Gasteiger partial charge in [-0.2, -0.15) is 0 Å². The van der Waals surface area contributed by atoms with Crippen LogP contribution in [-0.2, 0) is 25.2 Å². The Kier molecular flexibility index (Phi) is 11.8. The van der Waals surface area contributed by atoms with Crippen LogP contribution in [-0.4, -0.2) is 115 Å². The number of ether oxygens (including phenoxy) is 1. The molecule has 3 fully saturated rings. The number of halogens is 2. The molecule has 2 amide bonds. The van der Waals surface area contributed by atoms with Crippen LogP contribution in [0.2, 0.25) is 10.0 Å². The van der Waals surface area contributed by atoms with Crippen LogP contribution in [0.3, 0.4) is 0 Å². The lowest BCUT2D eigenvalue weighted by atomic mass is 9.72. The number of piperazine rings is 1. The average molecular weight is 722 g/mol. The normalized spacial score (nSPS) is 21.5. The predicted octanol–water partition coefficient (Wildman–Crippen LogP) is 4.81. The first kappa shape index (κ1) is 36.3. The van der Waals surface area contributed by atoms with E-state index in [1.807, 2.05) is 71.4 Å². The van der Waals surface area contributed by atoms with E-state index >= 15 is 0 Å². The smallest absolute Gasteiger partial charge is 0.320 e. The quantitative estimate of drug-likeness (QED) is 0.282. The number of rotatable bonds is 11. The molecule has 266 valence electrons. The van der Waals surface area contributed by atoms with Crippen LogP contribution in [0, 0.1) is 0 Å². The van der Waals surface area contributed by atoms with Crippen molar-refractivity contribution in [2.24, 2.45) is 0 Å². The second-order valence-corrected chi connectivity index (χ2v) is 14.5. The van der Waals surface area contributed by atoms with E-state index < -0.39 is 5.41 Å². The molecule has 0 bridgehead atoms. The lowest BCUT2D eigenvalue weighted by Gasteiger charge is -2.43. The summed E-state index contributed by atoms with van der Waals surface area (Å²) in [6.45, 7) is 8.64. The minimum absolute atomic E-state index is 0.000304. The molecule has 12 heteroatoms. The molecular weight excluding hydrogens is 675 g/mol. The van der Waals surface area contributed by atoms with Gasteiger partial charge in [0.1, 0.15) is 0 Å². The first-order valence-corrected chi connectivity index (χ1v) is 18.3. The Hall–Kier alpha value is -3.54. The summed E-state index contributed by atoms with van der Waals surface area (Å²) in [6.07, 6.45) is 6.53. The van der Waals surface area contributed by atoms with Crippen LogP contribution in [0.4, 0.5) is 0 Å². The number of likely N-dealkylation sites (tertiary alicyclic amines) is 2. The van der Waals surface area contributed by atoms with E-state index in [0.29, 0.717) is 74.3 Å². The molecular formula is C38H46Cl2N6O4. The second-order valence-electron chi connectivity index (χ2n) is 13.7. The third kappa shape index (κ3) is 8.16. The van der Waals surface area contributed by atoms with Gasteiger partial charge < -0.3 is 14.5 Å². The van der Waals surface area contributed by atoms with E-state index in [1.54, 1.807) is 12.4 Å². The number of carbonyl (C=O) groups excluding carboxylic acids is 3. The number of carbonyl (C=O) groups is 3. The lowest BCUT2D eigenvalue weighted by molar-refractivity contribution is -0.145. The van der Waals surface area contributed by atoms with Crippen molar-refractivity contribution in [3.8, 4) is 0 Å². The highest BCUT2D eigenvalue weighted by Gasteiger charge is 2.45. The Labute approximate surface area is 304 Å². The van der Waals surface area contributed by atoms with Crippen molar-refractivity contribution in [2.75, 3.05) is 72.1 Å². The fourth-order valence-corrected chi connectivity index (χ4v) is 8.02. The summed E-state index contributed by atoms with van der Waals surface area (Å²) in [5.41, 5.74) is 5.04. The SMILES string of the molecule is CCOC(=O)CN1CCN(NC(=O)C2(c3ccncc3)CCN(CCC3(c4ccc(Cl)c(Cl)c4)CCN(C(=O)c4ccccc4)C3)CC2)CC1. The number of hydrazine groups is 1. The molecule has 10 nitrogen and oxygen atoms in total. The first-order chi connectivity index (χ1) is 24.2. The summed E-state index contributed by atoms with van der Waals surface area (Å²) in [4.78, 5) is 50.3. The van der Waals surface area contributed by atoms with Crippen molar-refractivity contribution >= 4 is 41.0 Å². The van der Waals surface area contributed by atoms with Crippen molar-refractivity contribution < 1.29 is 19.1 Å². The zero-order chi connectivity index (χ0) is 35.1. The molecule has 0 spiro atoms. The predicted molar refractivity (Wildman–Crippen MR) is 194 cm³/mol. The van der Waals surface area contributed by atoms with Gasteiger partial charge >= 0.3 is 5.97 Å². The Morgan fingerprint density at radius 2 is 1.54 bits per heavy atom. The van der Waals surface area contributed by atoms with Gasteiger partial charge in [-0.1, -0.05) is 47.5 Å². The number of aromatic nitrogens is 1. The van der Waals surface area contributed by atoms with E-state index in [1.165, 1.54) is 0 Å². The van der Waals surface area contributed by atoms with E-state index in [2.05, 4.69) is 26.3 Å². The Bertz CT molecular complexity index is 1630. The van der Waals surface area contributed by atoms with Gasteiger partial charge in [-0.15, -0.1) is 0 Å². The number of pyridine rings is 1. The zero-order valence-electron chi connectivity index (χ0n) is 28.7. The molecule has 6 rings (SSSR count). The van der Waals surface area contributed by atoms with E-state index in [4.69, 9.17) is 27.9 Å². The maximum absolute atomic E-state index is 14.2. The molecule has 3 aromatic rings. The van der Waals surface area contributed by atoms with Gasteiger partial charge in [0.05, 0.1) is 28.6 Å². The fourth-order valence-electron chi connectivity index (χ4n) is 7.72. The van der Waals surface area contributed by atoms with Gasteiger partial charge in [0.15, 0.2) is 0 Å². The van der Waals surface area contributed by atoms with Crippen molar-refractivity contribution in [3.63, 3.8) is 0 Å². The second kappa shape index (κ2) is 16.2. The number of hydrogen-bond acceptors (Lipinski definition) is 8. The minimum atomic E-state index is -0.685. The highest BCUT2D eigenvalue weighted by Crippen LogP contribution is 2.42. The molecule has 0 radical (unpaired) electrons.